The molecular weight excluding hydrogens is 237 g/mol. The highest BCUT2D eigenvalue weighted by Gasteiger charge is 2.22. The van der Waals surface area contributed by atoms with Crippen LogP contribution < -0.4 is 10.5 Å². The van der Waals surface area contributed by atoms with Crippen LogP contribution in [0.5, 0.6) is 5.75 Å². The Morgan fingerprint density at radius 1 is 1.44 bits per heavy atom. The molecule has 2 N–H and O–H groups in total. The molecule has 0 atom stereocenters. The number of fused-ring (bicyclic) bond motifs is 1. The maximum atomic E-state index is 14.0. The Bertz CT molecular complexity index is 610. The number of nitrogen functional groups attached to an aromatic ring is 1. The van der Waals surface area contributed by atoms with Crippen molar-refractivity contribution in [3.63, 3.8) is 0 Å². The zero-order valence-electron chi connectivity index (χ0n) is 9.81. The lowest BCUT2D eigenvalue weighted by Crippen LogP contribution is -2.13. The van der Waals surface area contributed by atoms with Gasteiger partial charge in [0.1, 0.15) is 17.4 Å². The predicted octanol–water partition coefficient (Wildman–Crippen LogP) is 1.67. The van der Waals surface area contributed by atoms with Crippen molar-refractivity contribution in [3.8, 4) is 16.9 Å². The second-order valence-electron chi connectivity index (χ2n) is 4.08. The zero-order valence-corrected chi connectivity index (χ0v) is 9.81. The number of benzene rings is 1. The second-order valence-corrected chi connectivity index (χ2v) is 4.08. The molecule has 0 radical (unpaired) electrons. The van der Waals surface area contributed by atoms with Gasteiger partial charge in [-0.3, -0.25) is 4.68 Å². The fourth-order valence-electron chi connectivity index (χ4n) is 2.06. The van der Waals surface area contributed by atoms with Gasteiger partial charge in [-0.2, -0.15) is 5.10 Å². The zero-order chi connectivity index (χ0) is 12.7. The lowest BCUT2D eigenvalue weighted by molar-refractivity contribution is -0.0162. The van der Waals surface area contributed by atoms with E-state index in [0.717, 1.165) is 0 Å². The average molecular weight is 249 g/mol. The number of hydrogen-bond acceptors (Lipinski definition) is 4. The molecule has 1 aliphatic heterocycles. The summed E-state index contributed by atoms with van der Waals surface area (Å²) in [5.41, 5.74) is 7.51. The lowest BCUT2D eigenvalue weighted by atomic mass is 10.00. The minimum Gasteiger partial charge on any atom is -0.467 e. The van der Waals surface area contributed by atoms with Crippen molar-refractivity contribution >= 4 is 5.82 Å². The van der Waals surface area contributed by atoms with E-state index in [1.807, 2.05) is 0 Å². The first-order valence-corrected chi connectivity index (χ1v) is 5.48. The fourth-order valence-corrected chi connectivity index (χ4v) is 2.06. The average Bonchev–Trinajstić information content (AvgIpc) is 2.70. The normalized spacial score (nSPS) is 14.1. The van der Waals surface area contributed by atoms with Crippen LogP contribution in [0.25, 0.3) is 11.1 Å². The van der Waals surface area contributed by atoms with Crippen LogP contribution in [0, 0.1) is 5.82 Å². The highest BCUT2D eigenvalue weighted by atomic mass is 19.1. The Morgan fingerprint density at radius 2 is 2.28 bits per heavy atom. The quantitative estimate of drug-likeness (QED) is 0.835. The number of halogens is 1. The minimum absolute atomic E-state index is 0.181. The fraction of sp³-hybridized carbons (Fsp3) is 0.250. The van der Waals surface area contributed by atoms with Gasteiger partial charge in [0, 0.05) is 23.7 Å². The molecule has 0 bridgehead atoms. The molecule has 2 heterocycles. The number of ether oxygens (including phenoxy) is 2. The summed E-state index contributed by atoms with van der Waals surface area (Å²) in [6.07, 6.45) is 1.54. The molecule has 5 nitrogen and oxygen atoms in total. The molecular formula is C12H12FN3O2. The Labute approximate surface area is 103 Å². The summed E-state index contributed by atoms with van der Waals surface area (Å²) in [4.78, 5) is 0. The molecule has 3 rings (SSSR count). The van der Waals surface area contributed by atoms with E-state index in [1.54, 1.807) is 19.3 Å². The van der Waals surface area contributed by atoms with Crippen molar-refractivity contribution in [3.05, 3.63) is 29.7 Å². The smallest absolute Gasteiger partial charge is 0.189 e. The van der Waals surface area contributed by atoms with E-state index in [2.05, 4.69) is 5.10 Å². The molecule has 0 spiro atoms. The Morgan fingerprint density at radius 3 is 3.00 bits per heavy atom. The Balaban J connectivity index is 2.25. The van der Waals surface area contributed by atoms with Crippen molar-refractivity contribution in [1.82, 2.24) is 9.78 Å². The van der Waals surface area contributed by atoms with Crippen molar-refractivity contribution < 1.29 is 13.9 Å². The van der Waals surface area contributed by atoms with Gasteiger partial charge in [0.05, 0.1) is 12.8 Å². The van der Waals surface area contributed by atoms with Gasteiger partial charge in [-0.1, -0.05) is 0 Å². The number of hydrogen-bond donors (Lipinski definition) is 1. The van der Waals surface area contributed by atoms with E-state index < -0.39 is 0 Å². The maximum absolute atomic E-state index is 14.0. The molecule has 0 saturated carbocycles. The molecule has 1 aromatic carbocycles. The first-order chi connectivity index (χ1) is 8.68. The summed E-state index contributed by atoms with van der Waals surface area (Å²) in [5, 5.41) is 4.03. The van der Waals surface area contributed by atoms with E-state index in [1.165, 1.54) is 10.7 Å². The van der Waals surface area contributed by atoms with Gasteiger partial charge >= 0.3 is 0 Å². The van der Waals surface area contributed by atoms with Gasteiger partial charge in [-0.05, 0) is 12.1 Å². The first kappa shape index (κ1) is 11.0. The van der Waals surface area contributed by atoms with E-state index >= 15 is 0 Å². The third kappa shape index (κ3) is 1.53. The van der Waals surface area contributed by atoms with E-state index in [9.17, 15) is 4.39 Å². The SMILES string of the molecule is Cn1ncc(-c2c(F)ccc3c2COCO3)c1N. The Kier molecular flexibility index (Phi) is 2.45. The van der Waals surface area contributed by atoms with Crippen molar-refractivity contribution in [1.29, 1.82) is 0 Å². The van der Waals surface area contributed by atoms with Crippen LogP contribution in [0.4, 0.5) is 10.2 Å². The standard InChI is InChI=1S/C12H12FN3O2/c1-16-12(14)7(4-15-16)11-8-5-17-6-18-10(8)3-2-9(11)13/h2-4H,5-6,14H2,1H3. The molecule has 94 valence electrons. The van der Waals surface area contributed by atoms with Crippen LogP contribution in [0.2, 0.25) is 0 Å². The van der Waals surface area contributed by atoms with Crippen LogP contribution >= 0.6 is 0 Å². The predicted molar refractivity (Wildman–Crippen MR) is 63.3 cm³/mol. The highest BCUT2D eigenvalue weighted by Crippen LogP contribution is 2.37. The molecule has 0 amide bonds. The van der Waals surface area contributed by atoms with Crippen LogP contribution in [-0.4, -0.2) is 16.6 Å². The molecule has 0 saturated heterocycles. The van der Waals surface area contributed by atoms with Gasteiger partial charge in [-0.25, -0.2) is 4.39 Å². The number of nitrogens with zero attached hydrogens (tertiary/aromatic N) is 2. The van der Waals surface area contributed by atoms with Crippen molar-refractivity contribution in [2.45, 2.75) is 6.61 Å². The van der Waals surface area contributed by atoms with Gasteiger partial charge < -0.3 is 15.2 Å². The van der Waals surface area contributed by atoms with Crippen LogP contribution in [0.1, 0.15) is 5.56 Å². The van der Waals surface area contributed by atoms with Gasteiger partial charge in [0.25, 0.3) is 0 Å². The van der Waals surface area contributed by atoms with Gasteiger partial charge in [-0.15, -0.1) is 0 Å². The first-order valence-electron chi connectivity index (χ1n) is 5.48. The molecule has 1 aliphatic rings. The number of nitrogens with two attached hydrogens (primary N) is 1. The monoisotopic (exact) mass is 249 g/mol. The van der Waals surface area contributed by atoms with E-state index in [-0.39, 0.29) is 12.6 Å². The van der Waals surface area contributed by atoms with Crippen LogP contribution in [-0.2, 0) is 18.4 Å². The van der Waals surface area contributed by atoms with Gasteiger partial charge in [0.15, 0.2) is 6.79 Å². The summed E-state index contributed by atoms with van der Waals surface area (Å²) in [7, 11) is 1.71. The third-order valence-electron chi connectivity index (χ3n) is 3.02. The number of anilines is 1. The molecule has 18 heavy (non-hydrogen) atoms. The number of rotatable bonds is 1. The largest absolute Gasteiger partial charge is 0.467 e. The number of aryl methyl sites for hydroxylation is 1. The number of aromatic nitrogens is 2. The summed E-state index contributed by atoms with van der Waals surface area (Å²) in [6, 6.07) is 2.97. The molecule has 2 aromatic rings. The molecule has 0 unspecified atom stereocenters. The van der Waals surface area contributed by atoms with Crippen LogP contribution in [0.3, 0.4) is 0 Å². The lowest BCUT2D eigenvalue weighted by Gasteiger charge is -2.20. The summed E-state index contributed by atoms with van der Waals surface area (Å²) in [6.45, 7) is 0.483. The highest BCUT2D eigenvalue weighted by molar-refractivity contribution is 5.78. The minimum atomic E-state index is -0.359. The van der Waals surface area contributed by atoms with Crippen LogP contribution in [0.15, 0.2) is 18.3 Å². The third-order valence-corrected chi connectivity index (χ3v) is 3.02. The van der Waals surface area contributed by atoms with E-state index in [0.29, 0.717) is 34.9 Å². The van der Waals surface area contributed by atoms with Crippen molar-refractivity contribution in [2.24, 2.45) is 7.05 Å². The Hall–Kier alpha value is -2.08. The molecule has 0 fully saturated rings. The van der Waals surface area contributed by atoms with Gasteiger partial charge in [0.2, 0.25) is 0 Å². The summed E-state index contributed by atoms with van der Waals surface area (Å²) < 4.78 is 26.1. The summed E-state index contributed by atoms with van der Waals surface area (Å²) >= 11 is 0. The van der Waals surface area contributed by atoms with E-state index in [4.69, 9.17) is 15.2 Å². The molecule has 0 aliphatic carbocycles. The maximum Gasteiger partial charge on any atom is 0.189 e. The molecule has 1 aromatic heterocycles. The second kappa shape index (κ2) is 3.99. The summed E-state index contributed by atoms with van der Waals surface area (Å²) in [5.74, 6) is 0.677. The molecule has 6 heteroatoms. The topological polar surface area (TPSA) is 62.3 Å². The van der Waals surface area contributed by atoms with Crippen molar-refractivity contribution in [2.75, 3.05) is 12.5 Å².